The van der Waals surface area contributed by atoms with E-state index < -0.39 is 0 Å². The smallest absolute Gasteiger partial charge is 0.0141 e. The van der Waals surface area contributed by atoms with Crippen molar-refractivity contribution in [1.29, 1.82) is 0 Å². The molecule has 2 atom stereocenters. The zero-order valence-corrected chi connectivity index (χ0v) is 8.90. The molecule has 0 aliphatic heterocycles. The molecule has 13 heavy (non-hydrogen) atoms. The van der Waals surface area contributed by atoms with Crippen molar-refractivity contribution in [2.75, 3.05) is 6.54 Å². The quantitative estimate of drug-likeness (QED) is 0.643. The summed E-state index contributed by atoms with van der Waals surface area (Å²) in [5, 5.41) is 3.57. The first kappa shape index (κ1) is 9.26. The average Bonchev–Trinajstić information content (AvgIpc) is 2.46. The van der Waals surface area contributed by atoms with Gasteiger partial charge in [-0.15, -0.1) is 0 Å². The Morgan fingerprint density at radius 3 is 2.77 bits per heavy atom. The Balaban J connectivity index is 1.94. The van der Waals surface area contributed by atoms with Crippen molar-refractivity contribution in [2.24, 2.45) is 5.92 Å². The number of nitrogens with one attached hydrogen (secondary N) is 1. The van der Waals surface area contributed by atoms with Crippen LogP contribution >= 0.6 is 0 Å². The van der Waals surface area contributed by atoms with Crippen LogP contribution in [0.4, 0.5) is 0 Å². The van der Waals surface area contributed by atoms with Gasteiger partial charge in [-0.1, -0.05) is 25.0 Å². The standard InChI is InChI=1S/C12H21N/c1-3-13-12-7-10-5-4-9(2)6-11(10)8-12/h9,12-13H,3-8H2,1-2H3. The van der Waals surface area contributed by atoms with Crippen molar-refractivity contribution in [3.63, 3.8) is 0 Å². The molecular formula is C12H21N. The molecule has 0 aromatic carbocycles. The second kappa shape index (κ2) is 3.83. The molecule has 0 fully saturated rings. The molecule has 2 unspecified atom stereocenters. The Labute approximate surface area is 81.6 Å². The highest BCUT2D eigenvalue weighted by Gasteiger charge is 2.27. The third-order valence-corrected chi connectivity index (χ3v) is 3.51. The van der Waals surface area contributed by atoms with Gasteiger partial charge < -0.3 is 5.32 Å². The summed E-state index contributed by atoms with van der Waals surface area (Å²) in [5.41, 5.74) is 3.59. The minimum absolute atomic E-state index is 0.778. The molecule has 1 N–H and O–H groups in total. The summed E-state index contributed by atoms with van der Waals surface area (Å²) < 4.78 is 0. The maximum absolute atomic E-state index is 3.57. The highest BCUT2D eigenvalue weighted by molar-refractivity contribution is 5.25. The summed E-state index contributed by atoms with van der Waals surface area (Å²) in [6, 6.07) is 0.778. The van der Waals surface area contributed by atoms with E-state index in [1.165, 1.54) is 32.1 Å². The van der Waals surface area contributed by atoms with Gasteiger partial charge in [0.25, 0.3) is 0 Å². The van der Waals surface area contributed by atoms with Gasteiger partial charge in [0.1, 0.15) is 0 Å². The van der Waals surface area contributed by atoms with Crippen LogP contribution in [0.1, 0.15) is 46.0 Å². The average molecular weight is 179 g/mol. The lowest BCUT2D eigenvalue weighted by Crippen LogP contribution is -2.26. The number of hydrogen-bond donors (Lipinski definition) is 1. The van der Waals surface area contributed by atoms with E-state index in [9.17, 15) is 0 Å². The second-order valence-corrected chi connectivity index (χ2v) is 4.72. The Hall–Kier alpha value is -0.300. The molecule has 0 saturated heterocycles. The van der Waals surface area contributed by atoms with Crippen LogP contribution in [0.2, 0.25) is 0 Å². The molecule has 0 saturated carbocycles. The van der Waals surface area contributed by atoms with E-state index in [0.29, 0.717) is 0 Å². The van der Waals surface area contributed by atoms with Gasteiger partial charge in [0, 0.05) is 6.04 Å². The van der Waals surface area contributed by atoms with Crippen LogP contribution in [0, 0.1) is 5.92 Å². The molecule has 0 radical (unpaired) electrons. The summed E-state index contributed by atoms with van der Waals surface area (Å²) in [4.78, 5) is 0. The van der Waals surface area contributed by atoms with Crippen LogP contribution < -0.4 is 5.32 Å². The Morgan fingerprint density at radius 1 is 1.23 bits per heavy atom. The summed E-state index contributed by atoms with van der Waals surface area (Å²) in [5.74, 6) is 0.944. The maximum atomic E-state index is 3.57. The predicted octanol–water partition coefficient (Wildman–Crippen LogP) is 2.87. The largest absolute Gasteiger partial charge is 0.314 e. The normalized spacial score (nSPS) is 33.7. The zero-order valence-electron chi connectivity index (χ0n) is 8.90. The molecule has 2 aliphatic rings. The molecule has 74 valence electrons. The van der Waals surface area contributed by atoms with E-state index in [2.05, 4.69) is 19.2 Å². The van der Waals surface area contributed by atoms with Crippen molar-refractivity contribution < 1.29 is 0 Å². The van der Waals surface area contributed by atoms with Gasteiger partial charge >= 0.3 is 0 Å². The summed E-state index contributed by atoms with van der Waals surface area (Å²) in [6.45, 7) is 5.73. The van der Waals surface area contributed by atoms with Crippen molar-refractivity contribution >= 4 is 0 Å². The van der Waals surface area contributed by atoms with E-state index in [4.69, 9.17) is 0 Å². The minimum atomic E-state index is 0.778. The highest BCUT2D eigenvalue weighted by atomic mass is 14.9. The van der Waals surface area contributed by atoms with Crippen molar-refractivity contribution in [3.8, 4) is 0 Å². The van der Waals surface area contributed by atoms with E-state index >= 15 is 0 Å². The van der Waals surface area contributed by atoms with Crippen molar-refractivity contribution in [3.05, 3.63) is 11.1 Å². The van der Waals surface area contributed by atoms with Gasteiger partial charge in [0.2, 0.25) is 0 Å². The lowest BCUT2D eigenvalue weighted by molar-refractivity contribution is 0.495. The van der Waals surface area contributed by atoms with E-state index in [-0.39, 0.29) is 0 Å². The molecule has 2 aliphatic carbocycles. The fraction of sp³-hybridized carbons (Fsp3) is 0.833. The monoisotopic (exact) mass is 179 g/mol. The summed E-state index contributed by atoms with van der Waals surface area (Å²) >= 11 is 0. The van der Waals surface area contributed by atoms with Gasteiger partial charge in [-0.3, -0.25) is 0 Å². The summed E-state index contributed by atoms with van der Waals surface area (Å²) in [7, 11) is 0. The fourth-order valence-corrected chi connectivity index (χ4v) is 2.84. The van der Waals surface area contributed by atoms with Crippen LogP contribution in [0.15, 0.2) is 11.1 Å². The Kier molecular flexibility index (Phi) is 2.73. The first-order valence-corrected chi connectivity index (χ1v) is 5.72. The maximum Gasteiger partial charge on any atom is 0.0141 e. The van der Waals surface area contributed by atoms with Crippen LogP contribution in [0.3, 0.4) is 0 Å². The Bertz CT molecular complexity index is 217. The SMILES string of the molecule is CCNC1CC2=C(CC(C)CC2)C1. The summed E-state index contributed by atoms with van der Waals surface area (Å²) in [6.07, 6.45) is 6.89. The molecular weight excluding hydrogens is 158 g/mol. The zero-order chi connectivity index (χ0) is 9.26. The van der Waals surface area contributed by atoms with E-state index in [0.717, 1.165) is 18.5 Å². The van der Waals surface area contributed by atoms with Crippen molar-refractivity contribution in [2.45, 2.75) is 52.0 Å². The van der Waals surface area contributed by atoms with Crippen molar-refractivity contribution in [1.82, 2.24) is 5.32 Å². The van der Waals surface area contributed by atoms with Crippen LogP contribution in [0.5, 0.6) is 0 Å². The molecule has 1 heteroatoms. The van der Waals surface area contributed by atoms with Gasteiger partial charge in [-0.05, 0) is 44.6 Å². The molecule has 0 aromatic rings. The molecule has 0 spiro atoms. The molecule has 0 aromatic heterocycles. The molecule has 0 amide bonds. The minimum Gasteiger partial charge on any atom is -0.314 e. The third-order valence-electron chi connectivity index (χ3n) is 3.51. The predicted molar refractivity (Wildman–Crippen MR) is 56.7 cm³/mol. The lowest BCUT2D eigenvalue weighted by atomic mass is 9.86. The topological polar surface area (TPSA) is 12.0 Å². The van der Waals surface area contributed by atoms with Gasteiger partial charge in [-0.2, -0.15) is 0 Å². The molecule has 2 rings (SSSR count). The van der Waals surface area contributed by atoms with Crippen LogP contribution in [-0.2, 0) is 0 Å². The van der Waals surface area contributed by atoms with E-state index in [1.54, 1.807) is 11.1 Å². The number of rotatable bonds is 2. The molecule has 0 heterocycles. The van der Waals surface area contributed by atoms with Gasteiger partial charge in [-0.25, -0.2) is 0 Å². The van der Waals surface area contributed by atoms with Crippen LogP contribution in [0.25, 0.3) is 0 Å². The lowest BCUT2D eigenvalue weighted by Gasteiger charge is -2.19. The first-order chi connectivity index (χ1) is 6.29. The van der Waals surface area contributed by atoms with Crippen LogP contribution in [-0.4, -0.2) is 12.6 Å². The molecule has 0 bridgehead atoms. The highest BCUT2D eigenvalue weighted by Crippen LogP contribution is 2.39. The molecule has 1 nitrogen and oxygen atoms in total. The Morgan fingerprint density at radius 2 is 2.00 bits per heavy atom. The van der Waals surface area contributed by atoms with Gasteiger partial charge in [0.05, 0.1) is 0 Å². The van der Waals surface area contributed by atoms with E-state index in [1.807, 2.05) is 0 Å². The number of hydrogen-bond acceptors (Lipinski definition) is 1. The fourth-order valence-electron chi connectivity index (χ4n) is 2.84. The third kappa shape index (κ3) is 1.96. The second-order valence-electron chi connectivity index (χ2n) is 4.72. The first-order valence-electron chi connectivity index (χ1n) is 5.72. The van der Waals surface area contributed by atoms with Gasteiger partial charge in [0.15, 0.2) is 0 Å².